The number of aromatic carboxylic acids is 1. The number of benzene rings is 2. The summed E-state index contributed by atoms with van der Waals surface area (Å²) in [5.74, 6) is 9.20. The Hall–Kier alpha value is -2.73. The molecule has 0 amide bonds. The van der Waals surface area contributed by atoms with E-state index in [1.165, 1.54) is 44.1 Å². The van der Waals surface area contributed by atoms with Gasteiger partial charge in [0.25, 0.3) is 0 Å². The third-order valence-electron chi connectivity index (χ3n) is 7.29. The van der Waals surface area contributed by atoms with Gasteiger partial charge in [0.1, 0.15) is 5.75 Å². The summed E-state index contributed by atoms with van der Waals surface area (Å²) in [5.41, 5.74) is 3.72. The molecule has 4 fully saturated rings. The topological polar surface area (TPSA) is 46.5 Å². The summed E-state index contributed by atoms with van der Waals surface area (Å²) in [6.45, 7) is 0. The number of hydrogen-bond acceptors (Lipinski definition) is 2. The first kappa shape index (κ1) is 18.3. The highest BCUT2D eigenvalue weighted by Gasteiger charge is 2.52. The fourth-order valence-electron chi connectivity index (χ4n) is 6.48. The second-order valence-corrected chi connectivity index (χ2v) is 9.25. The number of carboxylic acids is 1. The van der Waals surface area contributed by atoms with Crippen LogP contribution in [0.4, 0.5) is 0 Å². The van der Waals surface area contributed by atoms with Gasteiger partial charge in [-0.3, -0.25) is 0 Å². The van der Waals surface area contributed by atoms with Gasteiger partial charge in [-0.25, -0.2) is 4.79 Å². The predicted octanol–water partition coefficient (Wildman–Crippen LogP) is 5.26. The van der Waals surface area contributed by atoms with E-state index in [9.17, 15) is 4.79 Å². The van der Waals surface area contributed by atoms with Gasteiger partial charge in [0.2, 0.25) is 0 Å². The largest absolute Gasteiger partial charge is 0.496 e. The Bertz CT molecular complexity index is 971. The number of carboxylic acid groups (broad SMARTS) is 1. The van der Waals surface area contributed by atoms with E-state index in [4.69, 9.17) is 9.84 Å². The summed E-state index contributed by atoms with van der Waals surface area (Å²) in [5, 5.41) is 9.03. The van der Waals surface area contributed by atoms with E-state index in [1.807, 2.05) is 6.07 Å². The van der Waals surface area contributed by atoms with Crippen LogP contribution < -0.4 is 4.74 Å². The van der Waals surface area contributed by atoms with Crippen molar-refractivity contribution in [3.8, 4) is 17.6 Å². The van der Waals surface area contributed by atoms with E-state index in [1.54, 1.807) is 31.4 Å². The minimum atomic E-state index is -0.917. The van der Waals surface area contributed by atoms with Crippen LogP contribution in [0.5, 0.6) is 5.75 Å². The summed E-state index contributed by atoms with van der Waals surface area (Å²) in [6, 6.07) is 13.1. The summed E-state index contributed by atoms with van der Waals surface area (Å²) in [4.78, 5) is 11.0. The highest BCUT2D eigenvalue weighted by Crippen LogP contribution is 2.61. The minimum Gasteiger partial charge on any atom is -0.496 e. The molecule has 0 atom stereocenters. The maximum absolute atomic E-state index is 11.0. The van der Waals surface area contributed by atoms with Gasteiger partial charge in [-0.15, -0.1) is 0 Å². The van der Waals surface area contributed by atoms with Crippen LogP contribution in [0, 0.1) is 29.6 Å². The lowest BCUT2D eigenvalue weighted by Gasteiger charge is -2.57. The molecule has 6 rings (SSSR count). The summed E-state index contributed by atoms with van der Waals surface area (Å²) in [6.07, 6.45) is 8.16. The smallest absolute Gasteiger partial charge is 0.335 e. The highest BCUT2D eigenvalue weighted by atomic mass is 16.5. The third-order valence-corrected chi connectivity index (χ3v) is 7.29. The summed E-state index contributed by atoms with van der Waals surface area (Å²) >= 11 is 0. The first-order chi connectivity index (χ1) is 14.0. The number of hydrogen-bond donors (Lipinski definition) is 1. The molecule has 29 heavy (non-hydrogen) atoms. The van der Waals surface area contributed by atoms with Crippen LogP contribution in [-0.2, 0) is 5.41 Å². The van der Waals surface area contributed by atoms with E-state index >= 15 is 0 Å². The Labute approximate surface area is 172 Å². The number of ether oxygens (including phenoxy) is 1. The normalized spacial score (nSPS) is 29.2. The minimum absolute atomic E-state index is 0.265. The monoisotopic (exact) mass is 386 g/mol. The Morgan fingerprint density at radius 1 is 0.931 bits per heavy atom. The molecule has 2 aromatic carbocycles. The van der Waals surface area contributed by atoms with Crippen molar-refractivity contribution in [3.63, 3.8) is 0 Å². The van der Waals surface area contributed by atoms with Crippen LogP contribution in [0.3, 0.4) is 0 Å². The third kappa shape index (κ3) is 3.31. The molecule has 3 nitrogen and oxygen atoms in total. The van der Waals surface area contributed by atoms with Gasteiger partial charge >= 0.3 is 5.97 Å². The van der Waals surface area contributed by atoms with E-state index in [0.29, 0.717) is 0 Å². The van der Waals surface area contributed by atoms with Crippen molar-refractivity contribution in [3.05, 3.63) is 64.7 Å². The molecule has 2 aromatic rings. The van der Waals surface area contributed by atoms with Gasteiger partial charge in [-0.05, 0) is 104 Å². The zero-order chi connectivity index (χ0) is 20.0. The van der Waals surface area contributed by atoms with Crippen molar-refractivity contribution >= 4 is 5.97 Å². The number of rotatable bonds is 3. The lowest BCUT2D eigenvalue weighted by atomic mass is 9.48. The van der Waals surface area contributed by atoms with Crippen molar-refractivity contribution in [1.29, 1.82) is 0 Å². The van der Waals surface area contributed by atoms with Crippen LogP contribution in [0.15, 0.2) is 42.5 Å². The Kier molecular flexibility index (Phi) is 4.39. The molecule has 0 heterocycles. The molecular formula is C26H26O3. The summed E-state index contributed by atoms with van der Waals surface area (Å²) in [7, 11) is 1.77. The zero-order valence-electron chi connectivity index (χ0n) is 16.8. The molecular weight excluding hydrogens is 360 g/mol. The number of carbonyl (C=O) groups is 1. The fraction of sp³-hybridized carbons (Fsp3) is 0.423. The zero-order valence-corrected chi connectivity index (χ0v) is 16.8. The van der Waals surface area contributed by atoms with Gasteiger partial charge in [0.05, 0.1) is 12.7 Å². The standard InChI is InChI=1S/C26H26O3/c1-29-24-9-6-18(3-2-17-4-7-22(8-5-17)25(27)28)13-23(24)26-14-19-10-20(15-26)12-21(11-19)16-26/h4-9,13,19-21H,10-12,14-16H2,1H3,(H,27,28). The number of methoxy groups -OCH3 is 1. The Morgan fingerprint density at radius 3 is 2.03 bits per heavy atom. The van der Waals surface area contributed by atoms with Crippen LogP contribution in [0.1, 0.15) is 65.6 Å². The van der Waals surface area contributed by atoms with Crippen molar-refractivity contribution in [1.82, 2.24) is 0 Å². The predicted molar refractivity (Wildman–Crippen MR) is 112 cm³/mol. The second kappa shape index (κ2) is 6.95. The van der Waals surface area contributed by atoms with Crippen molar-refractivity contribution in [2.75, 3.05) is 7.11 Å². The first-order valence-electron chi connectivity index (χ1n) is 10.6. The molecule has 4 saturated carbocycles. The Morgan fingerprint density at radius 2 is 1.48 bits per heavy atom. The maximum atomic E-state index is 11.0. The van der Waals surface area contributed by atoms with Gasteiger partial charge in [-0.2, -0.15) is 0 Å². The Balaban J connectivity index is 1.47. The molecule has 4 aliphatic carbocycles. The molecule has 4 bridgehead atoms. The average Bonchev–Trinajstić information content (AvgIpc) is 2.71. The first-order valence-corrected chi connectivity index (χ1v) is 10.6. The molecule has 0 saturated heterocycles. The van der Waals surface area contributed by atoms with Gasteiger partial charge in [-0.1, -0.05) is 11.8 Å². The summed E-state index contributed by atoms with van der Waals surface area (Å²) < 4.78 is 5.78. The molecule has 148 valence electrons. The van der Waals surface area contributed by atoms with E-state index in [2.05, 4.69) is 24.0 Å². The highest BCUT2D eigenvalue weighted by molar-refractivity contribution is 5.87. The lowest BCUT2D eigenvalue weighted by molar-refractivity contribution is -0.00616. The molecule has 0 unspecified atom stereocenters. The quantitative estimate of drug-likeness (QED) is 0.732. The molecule has 0 aromatic heterocycles. The molecule has 1 N–H and O–H groups in total. The van der Waals surface area contributed by atoms with Crippen molar-refractivity contribution < 1.29 is 14.6 Å². The molecule has 0 radical (unpaired) electrons. The van der Waals surface area contributed by atoms with E-state index < -0.39 is 5.97 Å². The van der Waals surface area contributed by atoms with Gasteiger partial charge < -0.3 is 9.84 Å². The van der Waals surface area contributed by atoms with Crippen molar-refractivity contribution in [2.45, 2.75) is 43.9 Å². The van der Waals surface area contributed by atoms with E-state index in [0.717, 1.165) is 34.6 Å². The molecule has 0 spiro atoms. The average molecular weight is 386 g/mol. The molecule has 0 aliphatic heterocycles. The van der Waals surface area contributed by atoms with E-state index in [-0.39, 0.29) is 11.0 Å². The second-order valence-electron chi connectivity index (χ2n) is 9.25. The molecule has 3 heteroatoms. The SMILES string of the molecule is COc1ccc(C#Cc2ccc(C(=O)O)cc2)cc1C12CC3CC(CC(C3)C1)C2. The van der Waals surface area contributed by atoms with Gasteiger partial charge in [0, 0.05) is 16.7 Å². The van der Waals surface area contributed by atoms with Crippen LogP contribution in [-0.4, -0.2) is 18.2 Å². The van der Waals surface area contributed by atoms with Crippen LogP contribution in [0.25, 0.3) is 0 Å². The lowest BCUT2D eigenvalue weighted by Crippen LogP contribution is -2.48. The molecule has 4 aliphatic rings. The van der Waals surface area contributed by atoms with Crippen molar-refractivity contribution in [2.24, 2.45) is 17.8 Å². The van der Waals surface area contributed by atoms with Crippen LogP contribution in [0.2, 0.25) is 0 Å². The maximum Gasteiger partial charge on any atom is 0.335 e. The van der Waals surface area contributed by atoms with Gasteiger partial charge in [0.15, 0.2) is 0 Å². The fourth-order valence-corrected chi connectivity index (χ4v) is 6.48. The van der Waals surface area contributed by atoms with Crippen LogP contribution >= 0.6 is 0 Å².